The Bertz CT molecular complexity index is 723. The third-order valence-electron chi connectivity index (χ3n) is 5.71. The molecule has 5 rings (SSSR count). The van der Waals surface area contributed by atoms with Crippen LogP contribution in [0.1, 0.15) is 49.8 Å². The van der Waals surface area contributed by atoms with Crippen molar-refractivity contribution in [1.82, 2.24) is 14.6 Å². The first kappa shape index (κ1) is 16.8. The summed E-state index contributed by atoms with van der Waals surface area (Å²) in [5.41, 5.74) is 10.1. The lowest BCUT2D eigenvalue weighted by molar-refractivity contribution is 0.429. The Hall–Kier alpha value is -1.04. The largest absolute Gasteiger partial charge is 0.365 e. The summed E-state index contributed by atoms with van der Waals surface area (Å²) in [6, 6.07) is 2.71. The molecule has 2 aromatic rings. The second kappa shape index (κ2) is 5.80. The molecular formula is C16H23Cl2N5. The maximum Gasteiger partial charge on any atom is 0.157 e. The van der Waals surface area contributed by atoms with Gasteiger partial charge in [0.15, 0.2) is 5.65 Å². The Labute approximate surface area is 148 Å². The van der Waals surface area contributed by atoms with Gasteiger partial charge in [-0.15, -0.1) is 24.8 Å². The zero-order chi connectivity index (χ0) is 14.0. The van der Waals surface area contributed by atoms with E-state index < -0.39 is 0 Å². The average molecular weight is 356 g/mol. The highest BCUT2D eigenvalue weighted by atomic mass is 35.5. The lowest BCUT2D eigenvalue weighted by atomic mass is 9.83. The molecule has 0 saturated heterocycles. The molecule has 2 saturated carbocycles. The molecule has 5 nitrogen and oxygen atoms in total. The van der Waals surface area contributed by atoms with Crippen LogP contribution >= 0.6 is 24.8 Å². The Balaban J connectivity index is 0.000000781. The number of anilines is 1. The van der Waals surface area contributed by atoms with E-state index in [1.54, 1.807) is 0 Å². The summed E-state index contributed by atoms with van der Waals surface area (Å²) in [4.78, 5) is 4.99. The second-order valence-corrected chi connectivity index (χ2v) is 7.03. The van der Waals surface area contributed by atoms with Gasteiger partial charge in [0, 0.05) is 29.1 Å². The number of halogens is 2. The topological polar surface area (TPSA) is 68.2 Å². The highest BCUT2D eigenvalue weighted by Gasteiger charge is 2.45. The van der Waals surface area contributed by atoms with Gasteiger partial charge in [-0.2, -0.15) is 9.61 Å². The van der Waals surface area contributed by atoms with Crippen molar-refractivity contribution in [1.29, 1.82) is 0 Å². The molecule has 3 aliphatic rings. The van der Waals surface area contributed by atoms with Crippen molar-refractivity contribution in [2.45, 2.75) is 62.4 Å². The van der Waals surface area contributed by atoms with E-state index in [9.17, 15) is 0 Å². The number of aromatic nitrogens is 3. The lowest BCUT2D eigenvalue weighted by Crippen LogP contribution is -2.21. The van der Waals surface area contributed by atoms with E-state index >= 15 is 0 Å². The quantitative estimate of drug-likeness (QED) is 0.868. The Morgan fingerprint density at radius 3 is 2.65 bits per heavy atom. The van der Waals surface area contributed by atoms with E-state index in [0.717, 1.165) is 24.3 Å². The molecule has 1 spiro atoms. The molecular weight excluding hydrogens is 333 g/mol. The minimum Gasteiger partial charge on any atom is -0.365 e. The molecule has 0 unspecified atom stereocenters. The van der Waals surface area contributed by atoms with Gasteiger partial charge in [0.2, 0.25) is 0 Å². The van der Waals surface area contributed by atoms with Crippen molar-refractivity contribution in [3.63, 3.8) is 0 Å². The standard InChI is InChI=1S/C16H21N5.2ClH/c17-11-9-12(11)19-15-10-3-7-16(5-1-2-6-16)14(10)20-13-4-8-18-21(13)15;;/h4,8,11-12,19H,1-3,5-7,9,17H2;2*1H/t11-,12-;;/m1../s1. The van der Waals surface area contributed by atoms with Gasteiger partial charge in [-0.25, -0.2) is 4.98 Å². The van der Waals surface area contributed by atoms with Crippen LogP contribution in [0.5, 0.6) is 0 Å². The Morgan fingerprint density at radius 1 is 1.22 bits per heavy atom. The molecule has 2 fully saturated rings. The predicted molar refractivity (Wildman–Crippen MR) is 96.0 cm³/mol. The number of nitrogens with zero attached hydrogens (tertiary/aromatic N) is 3. The molecule has 3 N–H and O–H groups in total. The molecule has 2 aromatic heterocycles. The van der Waals surface area contributed by atoms with Crippen molar-refractivity contribution >= 4 is 36.3 Å². The number of nitrogens with one attached hydrogen (secondary N) is 1. The summed E-state index contributed by atoms with van der Waals surface area (Å²) in [6.45, 7) is 0. The molecule has 0 aromatic carbocycles. The summed E-state index contributed by atoms with van der Waals surface area (Å²) in [5.74, 6) is 1.15. The van der Waals surface area contributed by atoms with Crippen LogP contribution in [-0.4, -0.2) is 26.7 Å². The van der Waals surface area contributed by atoms with Crippen LogP contribution in [0.3, 0.4) is 0 Å². The molecule has 7 heteroatoms. The van der Waals surface area contributed by atoms with Crippen LogP contribution in [-0.2, 0) is 11.8 Å². The molecule has 0 bridgehead atoms. The SMILES string of the molecule is Cl.Cl.N[C@@H]1C[C@H]1Nc1c2c(nc3ccnn13)C1(CCCC1)CC2. The maximum atomic E-state index is 5.99. The van der Waals surface area contributed by atoms with Gasteiger partial charge in [0.05, 0.1) is 11.9 Å². The fourth-order valence-corrected chi connectivity index (χ4v) is 4.38. The molecule has 2 atom stereocenters. The fourth-order valence-electron chi connectivity index (χ4n) is 4.38. The predicted octanol–water partition coefficient (Wildman–Crippen LogP) is 2.84. The minimum absolute atomic E-state index is 0. The van der Waals surface area contributed by atoms with Crippen molar-refractivity contribution in [3.05, 3.63) is 23.5 Å². The van der Waals surface area contributed by atoms with Gasteiger partial charge in [-0.1, -0.05) is 12.8 Å². The number of fused-ring (bicyclic) bond motifs is 3. The van der Waals surface area contributed by atoms with Crippen LogP contribution in [0.4, 0.5) is 5.82 Å². The molecule has 2 heterocycles. The first-order valence-electron chi connectivity index (χ1n) is 8.16. The van der Waals surface area contributed by atoms with Crippen LogP contribution in [0.25, 0.3) is 5.65 Å². The van der Waals surface area contributed by atoms with E-state index in [2.05, 4.69) is 10.4 Å². The summed E-state index contributed by atoms with van der Waals surface area (Å²) in [5, 5.41) is 8.10. The Morgan fingerprint density at radius 2 is 1.96 bits per heavy atom. The van der Waals surface area contributed by atoms with Gasteiger partial charge in [-0.05, 0) is 32.1 Å². The Kier molecular flexibility index (Phi) is 4.23. The van der Waals surface area contributed by atoms with Gasteiger partial charge in [-0.3, -0.25) is 0 Å². The van der Waals surface area contributed by atoms with Crippen LogP contribution in [0, 0.1) is 0 Å². The van der Waals surface area contributed by atoms with Crippen molar-refractivity contribution in [2.75, 3.05) is 5.32 Å². The lowest BCUT2D eigenvalue weighted by Gasteiger charge is -2.23. The summed E-state index contributed by atoms with van der Waals surface area (Å²) < 4.78 is 1.97. The molecule has 126 valence electrons. The fraction of sp³-hybridized carbons (Fsp3) is 0.625. The summed E-state index contributed by atoms with van der Waals surface area (Å²) in [6.07, 6.45) is 10.6. The zero-order valence-electron chi connectivity index (χ0n) is 13.0. The van der Waals surface area contributed by atoms with Gasteiger partial charge in [0.1, 0.15) is 5.82 Å². The third kappa shape index (κ3) is 2.41. The third-order valence-corrected chi connectivity index (χ3v) is 5.71. The van der Waals surface area contributed by atoms with Crippen LogP contribution in [0.15, 0.2) is 12.3 Å². The van der Waals surface area contributed by atoms with E-state index in [0.29, 0.717) is 17.5 Å². The molecule has 0 amide bonds. The first-order valence-corrected chi connectivity index (χ1v) is 8.16. The van der Waals surface area contributed by atoms with Crippen molar-refractivity contribution < 1.29 is 0 Å². The first-order chi connectivity index (χ1) is 10.3. The number of nitrogens with two attached hydrogens (primary N) is 1. The highest BCUT2D eigenvalue weighted by Crippen LogP contribution is 2.51. The van der Waals surface area contributed by atoms with Crippen molar-refractivity contribution in [3.8, 4) is 0 Å². The van der Waals surface area contributed by atoms with E-state index in [4.69, 9.17) is 10.7 Å². The van der Waals surface area contributed by atoms with Crippen LogP contribution < -0.4 is 11.1 Å². The molecule has 23 heavy (non-hydrogen) atoms. The van der Waals surface area contributed by atoms with E-state index in [1.165, 1.54) is 43.4 Å². The normalized spacial score (nSPS) is 26.7. The summed E-state index contributed by atoms with van der Waals surface area (Å²) in [7, 11) is 0. The number of rotatable bonds is 2. The van der Waals surface area contributed by atoms with Gasteiger partial charge >= 0.3 is 0 Å². The molecule has 0 radical (unpaired) electrons. The molecule has 0 aliphatic heterocycles. The zero-order valence-corrected chi connectivity index (χ0v) is 14.6. The smallest absolute Gasteiger partial charge is 0.157 e. The summed E-state index contributed by atoms with van der Waals surface area (Å²) >= 11 is 0. The van der Waals surface area contributed by atoms with E-state index in [1.807, 2.05) is 16.8 Å². The van der Waals surface area contributed by atoms with Crippen molar-refractivity contribution in [2.24, 2.45) is 5.73 Å². The highest BCUT2D eigenvalue weighted by molar-refractivity contribution is 5.85. The number of hydrogen-bond donors (Lipinski definition) is 2. The monoisotopic (exact) mass is 355 g/mol. The molecule has 3 aliphatic carbocycles. The van der Waals surface area contributed by atoms with Crippen LogP contribution in [0.2, 0.25) is 0 Å². The van der Waals surface area contributed by atoms with Gasteiger partial charge < -0.3 is 11.1 Å². The second-order valence-electron chi connectivity index (χ2n) is 7.03. The van der Waals surface area contributed by atoms with E-state index in [-0.39, 0.29) is 24.8 Å². The minimum atomic E-state index is 0. The van der Waals surface area contributed by atoms with Gasteiger partial charge in [0.25, 0.3) is 0 Å². The number of hydrogen-bond acceptors (Lipinski definition) is 4. The average Bonchev–Trinajstić information content (AvgIpc) is 2.98. The maximum absolute atomic E-state index is 5.99.